The van der Waals surface area contributed by atoms with E-state index in [-0.39, 0.29) is 18.5 Å². The third-order valence-corrected chi connectivity index (χ3v) is 5.90. The molecule has 0 spiro atoms. The molecule has 0 saturated heterocycles. The van der Waals surface area contributed by atoms with E-state index >= 15 is 0 Å². The van der Waals surface area contributed by atoms with Crippen LogP contribution in [0.1, 0.15) is 35.2 Å². The fraction of sp³-hybridized carbons (Fsp3) is 0.350. The number of nitrogens with one attached hydrogen (secondary N) is 1. The number of aryl methyl sites for hydroxylation is 3. The lowest BCUT2D eigenvalue weighted by Crippen LogP contribution is -2.41. The molecule has 2 rings (SSSR count). The van der Waals surface area contributed by atoms with Crippen LogP contribution in [-0.4, -0.2) is 27.1 Å². The summed E-state index contributed by atoms with van der Waals surface area (Å²) in [4.78, 5) is 12.6. The van der Waals surface area contributed by atoms with Crippen molar-refractivity contribution < 1.29 is 13.2 Å². The van der Waals surface area contributed by atoms with E-state index in [1.165, 1.54) is 5.56 Å². The molecule has 0 aliphatic heterocycles. The van der Waals surface area contributed by atoms with Crippen molar-refractivity contribution in [3.05, 3.63) is 63.7 Å². The van der Waals surface area contributed by atoms with Crippen molar-refractivity contribution in [2.75, 3.05) is 17.1 Å². The summed E-state index contributed by atoms with van der Waals surface area (Å²) in [6.45, 7) is 7.38. The van der Waals surface area contributed by atoms with Gasteiger partial charge in [-0.15, -0.1) is 0 Å². The van der Waals surface area contributed by atoms with Crippen molar-refractivity contribution >= 4 is 33.2 Å². The van der Waals surface area contributed by atoms with E-state index in [9.17, 15) is 13.2 Å². The van der Waals surface area contributed by atoms with E-state index in [4.69, 9.17) is 11.6 Å². The highest BCUT2D eigenvalue weighted by Gasteiger charge is 2.23. The number of hydrogen-bond acceptors (Lipinski definition) is 3. The molecule has 27 heavy (non-hydrogen) atoms. The maximum absolute atomic E-state index is 12.6. The lowest BCUT2D eigenvalue weighted by Gasteiger charge is -2.25. The number of hydrogen-bond donors (Lipinski definition) is 1. The van der Waals surface area contributed by atoms with Gasteiger partial charge in [-0.3, -0.25) is 9.10 Å². The van der Waals surface area contributed by atoms with Gasteiger partial charge in [0.2, 0.25) is 15.9 Å². The summed E-state index contributed by atoms with van der Waals surface area (Å²) in [5.41, 5.74) is 4.41. The minimum absolute atomic E-state index is 0.237. The number of carbonyl (C=O) groups is 1. The van der Waals surface area contributed by atoms with Crippen LogP contribution < -0.4 is 9.62 Å². The van der Waals surface area contributed by atoms with Crippen LogP contribution in [0.5, 0.6) is 0 Å². The quantitative estimate of drug-likeness (QED) is 0.787. The Kier molecular flexibility index (Phi) is 6.54. The normalized spacial score (nSPS) is 12.5. The molecule has 0 heterocycles. The highest BCUT2D eigenvalue weighted by molar-refractivity contribution is 7.92. The summed E-state index contributed by atoms with van der Waals surface area (Å²) in [6, 6.07) is 10.7. The highest BCUT2D eigenvalue weighted by Crippen LogP contribution is 2.26. The monoisotopic (exact) mass is 408 g/mol. The molecule has 1 amide bonds. The number of rotatable bonds is 6. The number of benzene rings is 2. The van der Waals surface area contributed by atoms with Crippen molar-refractivity contribution in [2.45, 2.75) is 33.7 Å². The molecular formula is C20H25ClN2O3S. The van der Waals surface area contributed by atoms with Gasteiger partial charge in [0.05, 0.1) is 18.0 Å². The molecule has 2 aromatic rings. The zero-order chi connectivity index (χ0) is 20.4. The maximum Gasteiger partial charge on any atom is 0.241 e. The molecule has 0 radical (unpaired) electrons. The van der Waals surface area contributed by atoms with Gasteiger partial charge in [0.15, 0.2) is 0 Å². The van der Waals surface area contributed by atoms with Gasteiger partial charge in [0.1, 0.15) is 6.54 Å². The predicted molar refractivity (Wildman–Crippen MR) is 111 cm³/mol. The Bertz CT molecular complexity index is 958. The minimum atomic E-state index is -3.65. The van der Waals surface area contributed by atoms with E-state index in [2.05, 4.69) is 5.32 Å². The predicted octanol–water partition coefficient (Wildman–Crippen LogP) is 3.91. The van der Waals surface area contributed by atoms with Gasteiger partial charge >= 0.3 is 0 Å². The summed E-state index contributed by atoms with van der Waals surface area (Å²) < 4.78 is 25.6. The van der Waals surface area contributed by atoms with Crippen LogP contribution in [0, 0.1) is 20.8 Å². The van der Waals surface area contributed by atoms with Gasteiger partial charge in [-0.05, 0) is 62.1 Å². The largest absolute Gasteiger partial charge is 0.348 e. The van der Waals surface area contributed by atoms with Gasteiger partial charge in [0.25, 0.3) is 0 Å². The van der Waals surface area contributed by atoms with Crippen LogP contribution in [-0.2, 0) is 14.8 Å². The smallest absolute Gasteiger partial charge is 0.241 e. The second-order valence-electron chi connectivity index (χ2n) is 6.83. The molecule has 1 atom stereocenters. The van der Waals surface area contributed by atoms with Crippen molar-refractivity contribution in [3.63, 3.8) is 0 Å². The van der Waals surface area contributed by atoms with E-state index in [1.807, 2.05) is 39.0 Å². The first kappa shape index (κ1) is 21.3. The molecule has 2 aromatic carbocycles. The molecule has 0 aliphatic carbocycles. The summed E-state index contributed by atoms with van der Waals surface area (Å²) in [7, 11) is -3.65. The standard InChI is InChI=1S/C20H25ClN2O3S/c1-13-6-8-17(10-15(13)3)16(4)22-20(24)12-23(27(5,25)26)19-11-18(21)9-7-14(19)2/h6-11,16H,12H2,1-5H3,(H,22,24). The van der Waals surface area contributed by atoms with E-state index in [0.29, 0.717) is 10.7 Å². The third kappa shape index (κ3) is 5.47. The average molecular weight is 409 g/mol. The average Bonchev–Trinajstić information content (AvgIpc) is 2.56. The molecular weight excluding hydrogens is 384 g/mol. The number of halogens is 1. The van der Waals surface area contributed by atoms with Crippen LogP contribution in [0.3, 0.4) is 0 Å². The molecule has 0 aliphatic rings. The first-order valence-electron chi connectivity index (χ1n) is 8.59. The number of sulfonamides is 1. The molecule has 146 valence electrons. The third-order valence-electron chi connectivity index (χ3n) is 4.54. The van der Waals surface area contributed by atoms with Crippen LogP contribution >= 0.6 is 11.6 Å². The van der Waals surface area contributed by atoms with Gasteiger partial charge in [-0.1, -0.05) is 35.9 Å². The van der Waals surface area contributed by atoms with E-state index in [0.717, 1.165) is 27.3 Å². The topological polar surface area (TPSA) is 66.5 Å². The molecule has 1 N–H and O–H groups in total. The van der Waals surface area contributed by atoms with Crippen molar-refractivity contribution in [3.8, 4) is 0 Å². The first-order valence-corrected chi connectivity index (χ1v) is 10.8. The summed E-state index contributed by atoms with van der Waals surface area (Å²) in [6.07, 6.45) is 1.08. The van der Waals surface area contributed by atoms with E-state index < -0.39 is 10.0 Å². The van der Waals surface area contributed by atoms with Gasteiger partial charge in [-0.2, -0.15) is 0 Å². The number of anilines is 1. The SMILES string of the molecule is Cc1ccc(C(C)NC(=O)CN(c2cc(Cl)ccc2C)S(C)(=O)=O)cc1C. The number of nitrogens with zero attached hydrogens (tertiary/aromatic N) is 1. The second kappa shape index (κ2) is 8.31. The Morgan fingerprint density at radius 3 is 2.30 bits per heavy atom. The fourth-order valence-corrected chi connectivity index (χ4v) is 3.84. The lowest BCUT2D eigenvalue weighted by molar-refractivity contribution is -0.120. The van der Waals surface area contributed by atoms with Gasteiger partial charge < -0.3 is 5.32 Å². The van der Waals surface area contributed by atoms with Gasteiger partial charge in [-0.25, -0.2) is 8.42 Å². The highest BCUT2D eigenvalue weighted by atomic mass is 35.5. The Morgan fingerprint density at radius 2 is 1.70 bits per heavy atom. The first-order chi connectivity index (χ1) is 12.5. The molecule has 7 heteroatoms. The molecule has 0 bridgehead atoms. The molecule has 0 aromatic heterocycles. The Balaban J connectivity index is 2.21. The van der Waals surface area contributed by atoms with Crippen molar-refractivity contribution in [2.24, 2.45) is 0 Å². The zero-order valence-electron chi connectivity index (χ0n) is 16.2. The van der Waals surface area contributed by atoms with Crippen LogP contribution in [0.25, 0.3) is 0 Å². The summed E-state index contributed by atoms with van der Waals surface area (Å²) >= 11 is 6.02. The Labute approximate surface area is 166 Å². The molecule has 5 nitrogen and oxygen atoms in total. The lowest BCUT2D eigenvalue weighted by atomic mass is 10.0. The Morgan fingerprint density at radius 1 is 1.07 bits per heavy atom. The molecule has 0 fully saturated rings. The minimum Gasteiger partial charge on any atom is -0.348 e. The van der Waals surface area contributed by atoms with Crippen LogP contribution in [0.2, 0.25) is 5.02 Å². The number of amides is 1. The molecule has 0 saturated carbocycles. The summed E-state index contributed by atoms with van der Waals surface area (Å²) in [5.74, 6) is -0.384. The van der Waals surface area contributed by atoms with Crippen molar-refractivity contribution in [1.82, 2.24) is 5.32 Å². The molecule has 1 unspecified atom stereocenters. The summed E-state index contributed by atoms with van der Waals surface area (Å²) in [5, 5.41) is 3.28. The van der Waals surface area contributed by atoms with E-state index in [1.54, 1.807) is 25.1 Å². The Hall–Kier alpha value is -2.05. The van der Waals surface area contributed by atoms with Crippen LogP contribution in [0.15, 0.2) is 36.4 Å². The zero-order valence-corrected chi connectivity index (χ0v) is 17.8. The van der Waals surface area contributed by atoms with Gasteiger partial charge in [0, 0.05) is 5.02 Å². The maximum atomic E-state index is 12.6. The number of carbonyl (C=O) groups excluding carboxylic acids is 1. The van der Waals surface area contributed by atoms with Crippen LogP contribution in [0.4, 0.5) is 5.69 Å². The fourth-order valence-electron chi connectivity index (χ4n) is 2.77. The van der Waals surface area contributed by atoms with Crippen molar-refractivity contribution in [1.29, 1.82) is 0 Å². The second-order valence-corrected chi connectivity index (χ2v) is 9.18.